The molecule has 0 aliphatic carbocycles. The molecule has 0 spiro atoms. The molecule has 5 heterocycles. The van der Waals surface area contributed by atoms with E-state index in [2.05, 4.69) is 37.3 Å². The number of anilines is 2. The van der Waals surface area contributed by atoms with Crippen molar-refractivity contribution in [3.8, 4) is 0 Å². The summed E-state index contributed by atoms with van der Waals surface area (Å²) in [6.07, 6.45) is 1.78. The van der Waals surface area contributed by atoms with Crippen molar-refractivity contribution in [1.82, 2.24) is 30.0 Å². The second-order valence-electron chi connectivity index (χ2n) is 12.2. The molecule has 11 nitrogen and oxygen atoms in total. The third kappa shape index (κ3) is 6.49. The van der Waals surface area contributed by atoms with E-state index in [1.807, 2.05) is 17.7 Å². The Balaban J connectivity index is 1.34. The van der Waals surface area contributed by atoms with Gasteiger partial charge in [-0.15, -0.1) is 10.2 Å². The lowest BCUT2D eigenvalue weighted by molar-refractivity contribution is -0.138. The van der Waals surface area contributed by atoms with Crippen molar-refractivity contribution >= 4 is 23.5 Å². The highest BCUT2D eigenvalue weighted by Crippen LogP contribution is 2.42. The molecule has 0 radical (unpaired) electrons. The number of ether oxygens (including phenoxy) is 1. The number of aromatic nitrogens is 4. The first-order valence-corrected chi connectivity index (χ1v) is 15.4. The Hall–Kier alpha value is -4.30. The van der Waals surface area contributed by atoms with Gasteiger partial charge in [0.2, 0.25) is 5.91 Å². The Labute approximate surface area is 264 Å². The Morgan fingerprint density at radius 2 is 1.91 bits per heavy atom. The number of amides is 2. The number of alkyl halides is 3. The molecule has 3 aliphatic rings. The van der Waals surface area contributed by atoms with Gasteiger partial charge in [0.25, 0.3) is 5.91 Å². The number of halogens is 3. The summed E-state index contributed by atoms with van der Waals surface area (Å²) >= 11 is 0. The first kappa shape index (κ1) is 31.7. The minimum absolute atomic E-state index is 0.0467. The maximum Gasteiger partial charge on any atom is 0.416 e. The molecule has 0 atom stereocenters. The van der Waals surface area contributed by atoms with E-state index < -0.39 is 23.1 Å². The van der Waals surface area contributed by atoms with E-state index in [0.29, 0.717) is 44.1 Å². The molecule has 3 aromatic rings. The number of fused-ring (bicyclic) bond motifs is 1. The van der Waals surface area contributed by atoms with Crippen molar-refractivity contribution in [3.05, 3.63) is 76.9 Å². The number of carbonyl (C=O) groups excluding carboxylic acids is 2. The van der Waals surface area contributed by atoms with Crippen LogP contribution in [0, 0.1) is 0 Å². The Kier molecular flexibility index (Phi) is 8.84. The summed E-state index contributed by atoms with van der Waals surface area (Å²) in [5.41, 5.74) is -0.0178. The monoisotopic (exact) mass is 638 g/mol. The van der Waals surface area contributed by atoms with Gasteiger partial charge in [-0.05, 0) is 73.0 Å². The molecule has 2 fully saturated rings. The van der Waals surface area contributed by atoms with Crippen molar-refractivity contribution in [1.29, 1.82) is 0 Å². The summed E-state index contributed by atoms with van der Waals surface area (Å²) < 4.78 is 50.8. The van der Waals surface area contributed by atoms with Crippen molar-refractivity contribution in [2.75, 3.05) is 49.6 Å². The summed E-state index contributed by atoms with van der Waals surface area (Å²) in [5.74, 6) is 0.534. The van der Waals surface area contributed by atoms with Gasteiger partial charge in [-0.3, -0.25) is 19.4 Å². The molecule has 2 saturated heterocycles. The van der Waals surface area contributed by atoms with Crippen LogP contribution >= 0.6 is 0 Å². The molecule has 244 valence electrons. The zero-order chi connectivity index (χ0) is 32.5. The van der Waals surface area contributed by atoms with Crippen LogP contribution in [0.3, 0.4) is 0 Å². The lowest BCUT2D eigenvalue weighted by atomic mass is 9.75. The molecule has 0 saturated carbocycles. The van der Waals surface area contributed by atoms with Crippen LogP contribution in [0.25, 0.3) is 0 Å². The van der Waals surface area contributed by atoms with Gasteiger partial charge >= 0.3 is 6.18 Å². The smallest absolute Gasteiger partial charge is 0.379 e. The number of pyridine rings is 1. The van der Waals surface area contributed by atoms with Crippen LogP contribution in [0.4, 0.5) is 24.8 Å². The molecule has 14 heteroatoms. The summed E-state index contributed by atoms with van der Waals surface area (Å²) in [5, 5.41) is 14.1. The van der Waals surface area contributed by atoms with Crippen molar-refractivity contribution in [3.63, 3.8) is 0 Å². The average Bonchev–Trinajstić information content (AvgIpc) is 3.58. The number of carbonyl (C=O) groups is 2. The lowest BCUT2D eigenvalue weighted by Crippen LogP contribution is -2.49. The Morgan fingerprint density at radius 1 is 1.13 bits per heavy atom. The highest BCUT2D eigenvalue weighted by molar-refractivity contribution is 6.10. The van der Waals surface area contributed by atoms with Crippen LogP contribution in [0.2, 0.25) is 0 Å². The molecule has 46 heavy (non-hydrogen) atoms. The standard InChI is InChI=1S/C32H37F3N8O3/c1-3-29(44)37-8-7-36-26-13-22(31(18-46-19-31)15-28-40-38-20-41(28)2)14-27(39-26)43-17-24-23(30(43)45)11-21(12-25(24)32(33,34)35)16-42-9-5-4-6-10-42/h3,11-14,20H,1,4-10,15-19H2,2H3,(H,36,39)(H,37,44). The van der Waals surface area contributed by atoms with E-state index in [-0.39, 0.29) is 35.9 Å². The third-order valence-corrected chi connectivity index (χ3v) is 8.94. The summed E-state index contributed by atoms with van der Waals surface area (Å²) in [6, 6.07) is 6.42. The predicted molar refractivity (Wildman–Crippen MR) is 164 cm³/mol. The maximum absolute atomic E-state index is 14.4. The molecule has 2 N–H and O–H groups in total. The Morgan fingerprint density at radius 3 is 2.57 bits per heavy atom. The first-order chi connectivity index (χ1) is 22.1. The summed E-state index contributed by atoms with van der Waals surface area (Å²) in [6.45, 7) is 6.54. The molecule has 0 bridgehead atoms. The topological polar surface area (TPSA) is 118 Å². The SMILES string of the molecule is C=CC(=O)NCCNc1cc(C2(Cc3nncn3C)COC2)cc(N2Cc3c(cc(CN4CCCCC4)cc3C(F)(F)F)C2=O)n1. The zero-order valence-electron chi connectivity index (χ0n) is 25.7. The van der Waals surface area contributed by atoms with Crippen LogP contribution < -0.4 is 15.5 Å². The number of hydrogen-bond donors (Lipinski definition) is 2. The number of benzene rings is 1. The van der Waals surface area contributed by atoms with Gasteiger partial charge in [-0.2, -0.15) is 13.2 Å². The van der Waals surface area contributed by atoms with Crippen molar-refractivity contribution in [2.45, 2.75) is 50.4 Å². The van der Waals surface area contributed by atoms with Crippen LogP contribution in [-0.4, -0.2) is 75.9 Å². The lowest BCUT2D eigenvalue weighted by Gasteiger charge is -2.42. The van der Waals surface area contributed by atoms with Gasteiger partial charge in [0.15, 0.2) is 0 Å². The van der Waals surface area contributed by atoms with Gasteiger partial charge in [0.05, 0.1) is 25.3 Å². The molecule has 1 aromatic carbocycles. The molecular weight excluding hydrogens is 601 g/mol. The molecule has 3 aliphatic heterocycles. The fourth-order valence-corrected chi connectivity index (χ4v) is 6.36. The predicted octanol–water partition coefficient (Wildman–Crippen LogP) is 3.60. The van der Waals surface area contributed by atoms with Crippen LogP contribution in [0.1, 0.15) is 57.7 Å². The normalized spacial score (nSPS) is 17.8. The second-order valence-corrected chi connectivity index (χ2v) is 12.2. The van der Waals surface area contributed by atoms with E-state index in [9.17, 15) is 22.8 Å². The van der Waals surface area contributed by atoms with Gasteiger partial charge < -0.3 is 19.9 Å². The van der Waals surface area contributed by atoms with Gasteiger partial charge in [0, 0.05) is 44.1 Å². The quantitative estimate of drug-likeness (QED) is 0.242. The number of hydrogen-bond acceptors (Lipinski definition) is 8. The van der Waals surface area contributed by atoms with Crippen LogP contribution in [0.5, 0.6) is 0 Å². The van der Waals surface area contributed by atoms with E-state index in [0.717, 1.165) is 43.7 Å². The van der Waals surface area contributed by atoms with Gasteiger partial charge in [-0.1, -0.05) is 13.0 Å². The van der Waals surface area contributed by atoms with E-state index in [1.54, 1.807) is 18.5 Å². The number of nitrogens with zero attached hydrogens (tertiary/aromatic N) is 6. The van der Waals surface area contributed by atoms with E-state index in [1.165, 1.54) is 17.0 Å². The molecular formula is C32H37F3N8O3. The third-order valence-electron chi connectivity index (χ3n) is 8.94. The number of piperidine rings is 1. The fraction of sp³-hybridized carbons (Fsp3) is 0.469. The van der Waals surface area contributed by atoms with Gasteiger partial charge in [0.1, 0.15) is 23.8 Å². The average molecular weight is 639 g/mol. The number of aryl methyl sites for hydroxylation is 1. The second kappa shape index (κ2) is 12.8. The first-order valence-electron chi connectivity index (χ1n) is 15.4. The van der Waals surface area contributed by atoms with Crippen LogP contribution in [-0.2, 0) is 47.7 Å². The maximum atomic E-state index is 14.4. The minimum atomic E-state index is -4.63. The molecule has 2 amide bonds. The van der Waals surface area contributed by atoms with E-state index >= 15 is 0 Å². The van der Waals surface area contributed by atoms with Crippen molar-refractivity contribution < 1.29 is 27.5 Å². The summed E-state index contributed by atoms with van der Waals surface area (Å²) in [4.78, 5) is 33.7. The van der Waals surface area contributed by atoms with E-state index in [4.69, 9.17) is 4.74 Å². The minimum Gasteiger partial charge on any atom is -0.379 e. The van der Waals surface area contributed by atoms with Crippen molar-refractivity contribution in [2.24, 2.45) is 7.05 Å². The molecule has 2 aromatic heterocycles. The highest BCUT2D eigenvalue weighted by Gasteiger charge is 2.44. The zero-order valence-corrected chi connectivity index (χ0v) is 25.7. The summed E-state index contributed by atoms with van der Waals surface area (Å²) in [7, 11) is 1.85. The number of likely N-dealkylation sites (tertiary alicyclic amines) is 1. The van der Waals surface area contributed by atoms with Crippen LogP contribution in [0.15, 0.2) is 43.2 Å². The number of nitrogens with one attached hydrogen (secondary N) is 2. The number of rotatable bonds is 11. The van der Waals surface area contributed by atoms with Gasteiger partial charge in [-0.25, -0.2) is 4.98 Å². The fourth-order valence-electron chi connectivity index (χ4n) is 6.36. The molecule has 0 unspecified atom stereocenters. The highest BCUT2D eigenvalue weighted by atomic mass is 19.4. The largest absolute Gasteiger partial charge is 0.416 e. The Bertz CT molecular complexity index is 1630. The molecule has 6 rings (SSSR count).